The number of hydrogen-bond donors (Lipinski definition) is 1. The smallest absolute Gasteiger partial charge is 0.123 e. The zero-order valence-corrected chi connectivity index (χ0v) is 13.5. The average molecular weight is 279 g/mol. The molecular weight excluding hydrogens is 249 g/mol. The molecule has 0 aromatic heterocycles. The summed E-state index contributed by atoms with van der Waals surface area (Å²) in [6.45, 7) is 8.92. The fourth-order valence-electron chi connectivity index (χ4n) is 2.61. The normalized spacial score (nSPS) is 14.5. The highest BCUT2D eigenvalue weighted by atomic mass is 19.1. The van der Waals surface area contributed by atoms with Crippen LogP contribution >= 0.6 is 0 Å². The molecule has 0 saturated carbocycles. The minimum absolute atomic E-state index is 0.163. The van der Waals surface area contributed by atoms with Crippen molar-refractivity contribution in [3.8, 4) is 0 Å². The molecule has 2 unspecified atom stereocenters. The highest BCUT2D eigenvalue weighted by Gasteiger charge is 2.17. The summed E-state index contributed by atoms with van der Waals surface area (Å²) >= 11 is 0. The molecule has 0 aliphatic rings. The molecule has 0 radical (unpaired) electrons. The predicted octanol–water partition coefficient (Wildman–Crippen LogP) is 5.47. The van der Waals surface area contributed by atoms with Crippen molar-refractivity contribution in [1.29, 1.82) is 0 Å². The van der Waals surface area contributed by atoms with Gasteiger partial charge in [-0.05, 0) is 37.0 Å². The Morgan fingerprint density at radius 2 is 1.65 bits per heavy atom. The van der Waals surface area contributed by atoms with Crippen molar-refractivity contribution in [3.05, 3.63) is 35.6 Å². The number of hydrogen-bond acceptors (Lipinski definition) is 1. The van der Waals surface area contributed by atoms with Gasteiger partial charge in [-0.3, -0.25) is 0 Å². The van der Waals surface area contributed by atoms with Crippen LogP contribution in [0.15, 0.2) is 24.3 Å². The van der Waals surface area contributed by atoms with Crippen LogP contribution in [0.25, 0.3) is 0 Å². The van der Waals surface area contributed by atoms with Crippen molar-refractivity contribution in [2.75, 3.05) is 0 Å². The van der Waals surface area contributed by atoms with E-state index in [9.17, 15) is 4.39 Å². The monoisotopic (exact) mass is 279 g/mol. The second-order valence-corrected chi connectivity index (χ2v) is 6.19. The molecule has 1 N–H and O–H groups in total. The first-order valence-corrected chi connectivity index (χ1v) is 8.06. The van der Waals surface area contributed by atoms with E-state index in [1.165, 1.54) is 37.7 Å². The number of benzene rings is 1. The van der Waals surface area contributed by atoms with Crippen molar-refractivity contribution < 1.29 is 4.39 Å². The van der Waals surface area contributed by atoms with Gasteiger partial charge in [0.1, 0.15) is 5.82 Å². The van der Waals surface area contributed by atoms with E-state index in [0.29, 0.717) is 18.0 Å². The Bertz CT molecular complexity index is 358. The van der Waals surface area contributed by atoms with Crippen molar-refractivity contribution in [2.24, 2.45) is 5.92 Å². The molecule has 0 fully saturated rings. The number of unbranched alkanes of at least 4 members (excludes halogenated alkanes) is 3. The van der Waals surface area contributed by atoms with E-state index < -0.39 is 0 Å². The molecule has 2 atom stereocenters. The Balaban J connectivity index is 2.52. The summed E-state index contributed by atoms with van der Waals surface area (Å²) in [5.41, 5.74) is 1.18. The van der Waals surface area contributed by atoms with E-state index in [1.807, 2.05) is 12.1 Å². The molecule has 20 heavy (non-hydrogen) atoms. The Kier molecular flexibility index (Phi) is 7.83. The number of rotatable bonds is 9. The third-order valence-corrected chi connectivity index (χ3v) is 3.85. The first kappa shape index (κ1) is 17.2. The van der Waals surface area contributed by atoms with Gasteiger partial charge in [-0.15, -0.1) is 0 Å². The standard InChI is InChI=1S/C18H30FN/c1-5-6-7-8-9-15(4)20-18(14(2)3)16-10-12-17(19)13-11-16/h10-15,18,20H,5-9H2,1-4H3. The highest BCUT2D eigenvalue weighted by molar-refractivity contribution is 5.20. The molecule has 0 aliphatic heterocycles. The van der Waals surface area contributed by atoms with E-state index >= 15 is 0 Å². The summed E-state index contributed by atoms with van der Waals surface area (Å²) < 4.78 is 13.0. The summed E-state index contributed by atoms with van der Waals surface area (Å²) in [7, 11) is 0. The molecule has 0 bridgehead atoms. The van der Waals surface area contributed by atoms with Gasteiger partial charge in [0.25, 0.3) is 0 Å². The summed E-state index contributed by atoms with van der Waals surface area (Å²) in [5, 5.41) is 3.71. The lowest BCUT2D eigenvalue weighted by molar-refractivity contribution is 0.353. The lowest BCUT2D eigenvalue weighted by atomic mass is 9.94. The molecule has 0 aliphatic carbocycles. The Labute approximate surface area is 124 Å². The van der Waals surface area contributed by atoms with Gasteiger partial charge in [0.05, 0.1) is 0 Å². The molecule has 1 nitrogen and oxygen atoms in total. The lowest BCUT2D eigenvalue weighted by Gasteiger charge is -2.27. The zero-order valence-electron chi connectivity index (χ0n) is 13.5. The van der Waals surface area contributed by atoms with Crippen LogP contribution in [0.5, 0.6) is 0 Å². The van der Waals surface area contributed by atoms with Crippen molar-refractivity contribution in [2.45, 2.75) is 71.9 Å². The fourth-order valence-corrected chi connectivity index (χ4v) is 2.61. The molecule has 114 valence electrons. The molecular formula is C18H30FN. The van der Waals surface area contributed by atoms with Crippen molar-refractivity contribution in [1.82, 2.24) is 5.32 Å². The van der Waals surface area contributed by atoms with Gasteiger partial charge in [-0.1, -0.05) is 58.6 Å². The molecule has 0 amide bonds. The van der Waals surface area contributed by atoms with Crippen LogP contribution in [-0.2, 0) is 0 Å². The summed E-state index contributed by atoms with van der Waals surface area (Å²) in [6.07, 6.45) is 6.44. The van der Waals surface area contributed by atoms with Gasteiger partial charge >= 0.3 is 0 Å². The van der Waals surface area contributed by atoms with E-state index in [1.54, 1.807) is 12.1 Å². The van der Waals surface area contributed by atoms with Crippen LogP contribution in [0.3, 0.4) is 0 Å². The predicted molar refractivity (Wildman–Crippen MR) is 85.3 cm³/mol. The molecule has 2 heteroatoms. The SMILES string of the molecule is CCCCCCC(C)NC(c1ccc(F)cc1)C(C)C. The van der Waals surface area contributed by atoms with Gasteiger partial charge < -0.3 is 5.32 Å². The summed E-state index contributed by atoms with van der Waals surface area (Å²) in [5.74, 6) is 0.336. The third kappa shape index (κ3) is 6.04. The number of nitrogens with one attached hydrogen (secondary N) is 1. The van der Waals surface area contributed by atoms with E-state index in [2.05, 4.69) is 33.0 Å². The molecule has 0 heterocycles. The van der Waals surface area contributed by atoms with E-state index in [-0.39, 0.29) is 5.82 Å². The minimum Gasteiger partial charge on any atom is -0.307 e. The van der Waals surface area contributed by atoms with Gasteiger partial charge in [0.2, 0.25) is 0 Å². The number of halogens is 1. The lowest BCUT2D eigenvalue weighted by Crippen LogP contribution is -2.33. The first-order valence-electron chi connectivity index (χ1n) is 8.06. The fraction of sp³-hybridized carbons (Fsp3) is 0.667. The average Bonchev–Trinajstić information content (AvgIpc) is 2.42. The maximum Gasteiger partial charge on any atom is 0.123 e. The van der Waals surface area contributed by atoms with Crippen molar-refractivity contribution in [3.63, 3.8) is 0 Å². The topological polar surface area (TPSA) is 12.0 Å². The molecule has 1 rings (SSSR count). The van der Waals surface area contributed by atoms with Crippen LogP contribution < -0.4 is 5.32 Å². The molecule has 0 saturated heterocycles. The summed E-state index contributed by atoms with van der Waals surface area (Å²) in [4.78, 5) is 0. The largest absolute Gasteiger partial charge is 0.307 e. The molecule has 1 aromatic rings. The van der Waals surface area contributed by atoms with Crippen molar-refractivity contribution >= 4 is 0 Å². The van der Waals surface area contributed by atoms with Crippen LogP contribution in [0.1, 0.15) is 71.4 Å². The van der Waals surface area contributed by atoms with Crippen LogP contribution in [0.2, 0.25) is 0 Å². The quantitative estimate of drug-likeness (QED) is 0.591. The van der Waals surface area contributed by atoms with Crippen LogP contribution in [0, 0.1) is 11.7 Å². The third-order valence-electron chi connectivity index (χ3n) is 3.85. The molecule has 1 aromatic carbocycles. The Morgan fingerprint density at radius 1 is 1.00 bits per heavy atom. The van der Waals surface area contributed by atoms with Gasteiger partial charge in [-0.2, -0.15) is 0 Å². The highest BCUT2D eigenvalue weighted by Crippen LogP contribution is 2.23. The second kappa shape index (κ2) is 9.12. The minimum atomic E-state index is -0.163. The Hall–Kier alpha value is -0.890. The van der Waals surface area contributed by atoms with Crippen LogP contribution in [0.4, 0.5) is 4.39 Å². The van der Waals surface area contributed by atoms with Gasteiger partial charge in [-0.25, -0.2) is 4.39 Å². The maximum atomic E-state index is 13.0. The van der Waals surface area contributed by atoms with Gasteiger partial charge in [0.15, 0.2) is 0 Å². The Morgan fingerprint density at radius 3 is 2.20 bits per heavy atom. The van der Waals surface area contributed by atoms with Crippen LogP contribution in [-0.4, -0.2) is 6.04 Å². The maximum absolute atomic E-state index is 13.0. The molecule has 0 spiro atoms. The second-order valence-electron chi connectivity index (χ2n) is 6.19. The van der Waals surface area contributed by atoms with E-state index in [0.717, 1.165) is 0 Å². The van der Waals surface area contributed by atoms with E-state index in [4.69, 9.17) is 0 Å². The van der Waals surface area contributed by atoms with Gasteiger partial charge in [0, 0.05) is 12.1 Å². The first-order chi connectivity index (χ1) is 9.54. The zero-order chi connectivity index (χ0) is 15.0. The summed E-state index contributed by atoms with van der Waals surface area (Å²) in [6, 6.07) is 7.71.